The lowest BCUT2D eigenvalue weighted by molar-refractivity contribution is 0.0855. The fourth-order valence-corrected chi connectivity index (χ4v) is 3.28. The molecule has 1 unspecified atom stereocenters. The maximum atomic E-state index is 12.8. The molecule has 1 saturated heterocycles. The minimum atomic E-state index is -0.372. The molecule has 2 amide bonds. The topological polar surface area (TPSA) is 84.7 Å². The summed E-state index contributed by atoms with van der Waals surface area (Å²) in [6, 6.07) is 12.9. The summed E-state index contributed by atoms with van der Waals surface area (Å²) in [5.41, 5.74) is 2.59. The number of amides is 2. The number of aryl methyl sites for hydroxylation is 1. The molecule has 7 heteroatoms. The molecule has 1 atom stereocenters. The van der Waals surface area contributed by atoms with Crippen molar-refractivity contribution in [3.8, 4) is 0 Å². The molecular formula is C21H22N4O3. The third-order valence-electron chi connectivity index (χ3n) is 4.79. The van der Waals surface area contributed by atoms with Crippen molar-refractivity contribution in [1.29, 1.82) is 0 Å². The van der Waals surface area contributed by atoms with Gasteiger partial charge >= 0.3 is 0 Å². The summed E-state index contributed by atoms with van der Waals surface area (Å²) < 4.78 is 7.17. The van der Waals surface area contributed by atoms with Gasteiger partial charge in [0.05, 0.1) is 11.6 Å². The van der Waals surface area contributed by atoms with Gasteiger partial charge in [0.25, 0.3) is 11.8 Å². The normalized spacial score (nSPS) is 16.2. The lowest BCUT2D eigenvalue weighted by Gasteiger charge is -2.09. The summed E-state index contributed by atoms with van der Waals surface area (Å²) in [7, 11) is 0. The van der Waals surface area contributed by atoms with Crippen LogP contribution in [0.15, 0.2) is 48.7 Å². The van der Waals surface area contributed by atoms with E-state index in [-0.39, 0.29) is 29.4 Å². The molecule has 2 N–H and O–H groups in total. The van der Waals surface area contributed by atoms with Crippen LogP contribution in [0, 0.1) is 6.92 Å². The Hall–Kier alpha value is -3.19. The molecule has 28 heavy (non-hydrogen) atoms. The molecule has 1 aromatic carbocycles. The summed E-state index contributed by atoms with van der Waals surface area (Å²) in [5, 5.41) is 5.70. The molecule has 3 heterocycles. The SMILES string of the molecule is Cc1ccc(NC(=O)c2nc(C(=O)NCC3CCCO3)c3ccccn23)cc1. The summed E-state index contributed by atoms with van der Waals surface area (Å²) >= 11 is 0. The minimum absolute atomic E-state index is 0.0436. The number of hydrogen-bond acceptors (Lipinski definition) is 4. The van der Waals surface area contributed by atoms with E-state index in [2.05, 4.69) is 15.6 Å². The molecule has 1 fully saturated rings. The lowest BCUT2D eigenvalue weighted by atomic mass is 10.2. The average molecular weight is 378 g/mol. The summed E-state index contributed by atoms with van der Waals surface area (Å²) in [6.07, 6.45) is 3.72. The Kier molecular flexibility index (Phi) is 5.08. The Labute approximate surface area is 162 Å². The van der Waals surface area contributed by atoms with Crippen molar-refractivity contribution in [1.82, 2.24) is 14.7 Å². The smallest absolute Gasteiger partial charge is 0.292 e. The van der Waals surface area contributed by atoms with Crippen molar-refractivity contribution in [3.63, 3.8) is 0 Å². The number of carbonyl (C=O) groups excluding carboxylic acids is 2. The first-order valence-corrected chi connectivity index (χ1v) is 9.37. The van der Waals surface area contributed by atoms with Crippen LogP contribution in [0.1, 0.15) is 39.5 Å². The maximum Gasteiger partial charge on any atom is 0.292 e. The van der Waals surface area contributed by atoms with Gasteiger partial charge in [-0.25, -0.2) is 4.98 Å². The second kappa shape index (κ2) is 7.82. The highest BCUT2D eigenvalue weighted by molar-refractivity contribution is 6.06. The van der Waals surface area contributed by atoms with Gasteiger partial charge < -0.3 is 15.4 Å². The second-order valence-corrected chi connectivity index (χ2v) is 6.91. The Balaban J connectivity index is 1.57. The number of imidazole rings is 1. The highest BCUT2D eigenvalue weighted by Crippen LogP contribution is 2.16. The third-order valence-corrected chi connectivity index (χ3v) is 4.79. The largest absolute Gasteiger partial charge is 0.376 e. The van der Waals surface area contributed by atoms with Crippen LogP contribution in [0.25, 0.3) is 5.52 Å². The van der Waals surface area contributed by atoms with Crippen LogP contribution in [0.5, 0.6) is 0 Å². The number of aromatic nitrogens is 2. The monoisotopic (exact) mass is 378 g/mol. The molecule has 4 rings (SSSR count). The number of rotatable bonds is 5. The first-order valence-electron chi connectivity index (χ1n) is 9.37. The van der Waals surface area contributed by atoms with Crippen LogP contribution in [0.2, 0.25) is 0 Å². The van der Waals surface area contributed by atoms with Gasteiger partial charge in [0, 0.05) is 25.0 Å². The number of pyridine rings is 1. The van der Waals surface area contributed by atoms with Crippen molar-refractivity contribution in [2.24, 2.45) is 0 Å². The number of ether oxygens (including phenoxy) is 1. The van der Waals surface area contributed by atoms with Crippen LogP contribution in [-0.2, 0) is 4.74 Å². The number of carbonyl (C=O) groups is 2. The summed E-state index contributed by atoms with van der Waals surface area (Å²) in [4.78, 5) is 29.8. The van der Waals surface area contributed by atoms with Gasteiger partial charge in [0.15, 0.2) is 5.69 Å². The first-order chi connectivity index (χ1) is 13.6. The fraction of sp³-hybridized carbons (Fsp3) is 0.286. The third kappa shape index (κ3) is 3.75. The molecule has 3 aromatic rings. The van der Waals surface area contributed by atoms with Crippen molar-refractivity contribution >= 4 is 23.0 Å². The zero-order chi connectivity index (χ0) is 19.5. The molecule has 0 saturated carbocycles. The summed E-state index contributed by atoms with van der Waals surface area (Å²) in [5.74, 6) is -0.518. The zero-order valence-corrected chi connectivity index (χ0v) is 15.6. The average Bonchev–Trinajstić information content (AvgIpc) is 3.36. The molecule has 0 aliphatic carbocycles. The molecule has 7 nitrogen and oxygen atoms in total. The van der Waals surface area contributed by atoms with E-state index in [4.69, 9.17) is 4.74 Å². The van der Waals surface area contributed by atoms with Gasteiger partial charge in [0.2, 0.25) is 5.82 Å². The Morgan fingerprint density at radius 3 is 2.75 bits per heavy atom. The standard InChI is InChI=1S/C21H22N4O3/c1-14-7-9-15(10-8-14)23-21(27)19-24-18(17-6-2-3-11-25(17)19)20(26)22-13-16-5-4-12-28-16/h2-3,6-11,16H,4-5,12-13H2,1H3,(H,22,26)(H,23,27). The van der Waals surface area contributed by atoms with E-state index in [0.29, 0.717) is 17.7 Å². The quantitative estimate of drug-likeness (QED) is 0.715. The van der Waals surface area contributed by atoms with Gasteiger partial charge in [-0.2, -0.15) is 0 Å². The second-order valence-electron chi connectivity index (χ2n) is 6.91. The molecular weight excluding hydrogens is 356 g/mol. The zero-order valence-electron chi connectivity index (χ0n) is 15.6. The van der Waals surface area contributed by atoms with E-state index in [1.54, 1.807) is 22.7 Å². The number of fused-ring (bicyclic) bond motifs is 1. The highest BCUT2D eigenvalue weighted by atomic mass is 16.5. The number of nitrogens with one attached hydrogen (secondary N) is 2. The predicted molar refractivity (Wildman–Crippen MR) is 106 cm³/mol. The van der Waals surface area contributed by atoms with Crippen molar-refractivity contribution in [3.05, 3.63) is 65.7 Å². The van der Waals surface area contributed by atoms with Gasteiger partial charge in [-0.1, -0.05) is 23.8 Å². The van der Waals surface area contributed by atoms with Crippen LogP contribution in [0.4, 0.5) is 5.69 Å². The van der Waals surface area contributed by atoms with Crippen LogP contribution < -0.4 is 10.6 Å². The molecule has 1 aliphatic rings. The lowest BCUT2D eigenvalue weighted by Crippen LogP contribution is -2.32. The highest BCUT2D eigenvalue weighted by Gasteiger charge is 2.23. The van der Waals surface area contributed by atoms with E-state index in [9.17, 15) is 9.59 Å². The Morgan fingerprint density at radius 2 is 2.00 bits per heavy atom. The number of hydrogen-bond donors (Lipinski definition) is 2. The number of benzene rings is 1. The minimum Gasteiger partial charge on any atom is -0.376 e. The molecule has 0 bridgehead atoms. The summed E-state index contributed by atoms with van der Waals surface area (Å²) in [6.45, 7) is 3.15. The maximum absolute atomic E-state index is 12.8. The van der Waals surface area contributed by atoms with E-state index in [0.717, 1.165) is 25.0 Å². The van der Waals surface area contributed by atoms with Gasteiger partial charge in [-0.15, -0.1) is 0 Å². The van der Waals surface area contributed by atoms with Crippen LogP contribution in [0.3, 0.4) is 0 Å². The molecule has 1 aliphatic heterocycles. The fourth-order valence-electron chi connectivity index (χ4n) is 3.28. The van der Waals surface area contributed by atoms with Gasteiger partial charge in [-0.3, -0.25) is 14.0 Å². The van der Waals surface area contributed by atoms with E-state index in [1.165, 1.54) is 0 Å². The molecule has 144 valence electrons. The van der Waals surface area contributed by atoms with Crippen molar-refractivity contribution < 1.29 is 14.3 Å². The van der Waals surface area contributed by atoms with Crippen molar-refractivity contribution in [2.75, 3.05) is 18.5 Å². The number of nitrogens with zero attached hydrogens (tertiary/aromatic N) is 2. The molecule has 2 aromatic heterocycles. The van der Waals surface area contributed by atoms with E-state index in [1.807, 2.05) is 37.3 Å². The molecule has 0 radical (unpaired) electrons. The Morgan fingerprint density at radius 1 is 1.18 bits per heavy atom. The Bertz CT molecular complexity index is 1000. The first kappa shape index (κ1) is 18.2. The van der Waals surface area contributed by atoms with Crippen molar-refractivity contribution in [2.45, 2.75) is 25.9 Å². The van der Waals surface area contributed by atoms with E-state index < -0.39 is 0 Å². The predicted octanol–water partition coefficient (Wildman–Crippen LogP) is 2.80. The van der Waals surface area contributed by atoms with E-state index >= 15 is 0 Å². The van der Waals surface area contributed by atoms with Crippen LogP contribution in [-0.4, -0.2) is 40.5 Å². The number of anilines is 1. The molecule has 0 spiro atoms. The van der Waals surface area contributed by atoms with Gasteiger partial charge in [0.1, 0.15) is 0 Å². The van der Waals surface area contributed by atoms with Crippen LogP contribution >= 0.6 is 0 Å². The van der Waals surface area contributed by atoms with Gasteiger partial charge in [-0.05, 0) is 44.0 Å².